The molecule has 0 saturated carbocycles. The number of nitrogens with one attached hydrogen (secondary N) is 2. The maximum Gasteiger partial charge on any atom is 0.321 e. The van der Waals surface area contributed by atoms with Gasteiger partial charge in [0.25, 0.3) is 0 Å². The van der Waals surface area contributed by atoms with Crippen molar-refractivity contribution < 1.29 is 9.53 Å². The summed E-state index contributed by atoms with van der Waals surface area (Å²) in [6.07, 6.45) is 4.89. The minimum atomic E-state index is -0.292. The lowest BCUT2D eigenvalue weighted by Gasteiger charge is -2.11. The number of carbonyl (C=O) groups is 1. The molecule has 0 bridgehead atoms. The van der Waals surface area contributed by atoms with Gasteiger partial charge >= 0.3 is 6.03 Å². The van der Waals surface area contributed by atoms with Crippen LogP contribution in [0, 0.1) is 5.92 Å². The highest BCUT2D eigenvalue weighted by Crippen LogP contribution is 2.34. The van der Waals surface area contributed by atoms with Gasteiger partial charge in [-0.05, 0) is 18.9 Å². The van der Waals surface area contributed by atoms with Crippen LogP contribution >= 0.6 is 11.3 Å². The number of urea groups is 1. The molecule has 2 amide bonds. The average molecular weight is 372 g/mol. The van der Waals surface area contributed by atoms with E-state index in [9.17, 15) is 4.79 Å². The topological polar surface area (TPSA) is 102 Å². The molecule has 3 aromatic heterocycles. The van der Waals surface area contributed by atoms with Crippen molar-refractivity contribution in [1.29, 1.82) is 0 Å². The Morgan fingerprint density at radius 2 is 2.04 bits per heavy atom. The lowest BCUT2D eigenvalue weighted by Crippen LogP contribution is -2.28. The van der Waals surface area contributed by atoms with Crippen LogP contribution < -0.4 is 15.4 Å². The number of fused-ring (bicyclic) bond motifs is 1. The Bertz CT molecular complexity index is 897. The molecule has 0 aromatic carbocycles. The predicted octanol–water partition coefficient (Wildman–Crippen LogP) is 3.32. The van der Waals surface area contributed by atoms with E-state index in [1.165, 1.54) is 17.7 Å². The summed E-state index contributed by atoms with van der Waals surface area (Å²) in [4.78, 5) is 29.6. The fourth-order valence-electron chi connectivity index (χ4n) is 2.20. The van der Waals surface area contributed by atoms with Crippen LogP contribution in [-0.4, -0.2) is 39.1 Å². The third-order valence-electron chi connectivity index (χ3n) is 3.33. The second kappa shape index (κ2) is 8.05. The molecule has 3 rings (SSSR count). The zero-order valence-electron chi connectivity index (χ0n) is 14.8. The van der Waals surface area contributed by atoms with E-state index in [4.69, 9.17) is 4.74 Å². The number of hydrogen-bond acceptors (Lipinski definition) is 7. The fraction of sp³-hybridized carbons (Fsp3) is 0.353. The molecule has 0 atom stereocenters. The quantitative estimate of drug-likeness (QED) is 0.688. The van der Waals surface area contributed by atoms with Crippen molar-refractivity contribution in [3.8, 4) is 17.0 Å². The zero-order chi connectivity index (χ0) is 18.5. The van der Waals surface area contributed by atoms with E-state index in [0.717, 1.165) is 11.1 Å². The largest absolute Gasteiger partial charge is 0.477 e. The average Bonchev–Trinajstić information content (AvgIpc) is 3.01. The summed E-state index contributed by atoms with van der Waals surface area (Å²) < 4.78 is 5.90. The summed E-state index contributed by atoms with van der Waals surface area (Å²) >= 11 is 1.30. The molecule has 0 aliphatic heterocycles. The van der Waals surface area contributed by atoms with Crippen molar-refractivity contribution >= 4 is 32.8 Å². The molecule has 136 valence electrons. The lowest BCUT2D eigenvalue weighted by molar-refractivity contribution is 0.252. The number of hydrogen-bond donors (Lipinski definition) is 2. The molecule has 0 aliphatic carbocycles. The van der Waals surface area contributed by atoms with E-state index in [1.807, 2.05) is 13.0 Å². The molecule has 0 spiro atoms. The van der Waals surface area contributed by atoms with Gasteiger partial charge in [0.1, 0.15) is 16.7 Å². The summed E-state index contributed by atoms with van der Waals surface area (Å²) in [6, 6.07) is 1.59. The molecule has 0 saturated heterocycles. The van der Waals surface area contributed by atoms with Gasteiger partial charge in [-0.1, -0.05) is 25.2 Å². The number of nitrogens with zero attached hydrogens (tertiary/aromatic N) is 4. The zero-order valence-corrected chi connectivity index (χ0v) is 15.6. The van der Waals surface area contributed by atoms with E-state index >= 15 is 0 Å². The van der Waals surface area contributed by atoms with Crippen molar-refractivity contribution in [3.63, 3.8) is 0 Å². The summed E-state index contributed by atoms with van der Waals surface area (Å²) in [7, 11) is 0. The maximum atomic E-state index is 11.7. The number of pyridine rings is 1. The van der Waals surface area contributed by atoms with Crippen molar-refractivity contribution in [1.82, 2.24) is 25.3 Å². The molecule has 3 heterocycles. The first-order valence-electron chi connectivity index (χ1n) is 8.31. The highest BCUT2D eigenvalue weighted by atomic mass is 32.1. The predicted molar refractivity (Wildman–Crippen MR) is 101 cm³/mol. The highest BCUT2D eigenvalue weighted by molar-refractivity contribution is 7.22. The lowest BCUT2D eigenvalue weighted by atomic mass is 10.1. The molecule has 9 heteroatoms. The summed E-state index contributed by atoms with van der Waals surface area (Å²) in [6.45, 7) is 7.09. The number of amides is 2. The molecule has 0 aliphatic rings. The van der Waals surface area contributed by atoms with Crippen LogP contribution in [0.1, 0.15) is 20.8 Å². The summed E-state index contributed by atoms with van der Waals surface area (Å²) in [5.41, 5.74) is 2.25. The molecule has 0 unspecified atom stereocenters. The summed E-state index contributed by atoms with van der Waals surface area (Å²) in [5, 5.41) is 5.87. The van der Waals surface area contributed by atoms with E-state index in [2.05, 4.69) is 44.4 Å². The van der Waals surface area contributed by atoms with Crippen LogP contribution in [-0.2, 0) is 0 Å². The van der Waals surface area contributed by atoms with Crippen LogP contribution in [0.5, 0.6) is 5.88 Å². The van der Waals surface area contributed by atoms with E-state index < -0.39 is 0 Å². The van der Waals surface area contributed by atoms with Crippen molar-refractivity contribution in [2.24, 2.45) is 5.92 Å². The molecule has 26 heavy (non-hydrogen) atoms. The SMILES string of the molecule is CCNC(=O)Nc1nc2cc(-c3cncnc3)c(OCC(C)C)nc2s1. The Morgan fingerprint density at radius 3 is 2.73 bits per heavy atom. The first-order chi connectivity index (χ1) is 12.6. The molecular formula is C17H20N6O2S. The molecule has 3 aromatic rings. The Hall–Kier alpha value is -2.81. The van der Waals surface area contributed by atoms with E-state index in [-0.39, 0.29) is 6.03 Å². The van der Waals surface area contributed by atoms with Crippen molar-refractivity contribution in [2.75, 3.05) is 18.5 Å². The van der Waals surface area contributed by atoms with Gasteiger partial charge in [0, 0.05) is 30.1 Å². The van der Waals surface area contributed by atoms with Crippen LogP contribution in [0.2, 0.25) is 0 Å². The fourth-order valence-corrected chi connectivity index (χ4v) is 3.01. The third kappa shape index (κ3) is 4.23. The van der Waals surface area contributed by atoms with Gasteiger partial charge in [0.2, 0.25) is 5.88 Å². The minimum Gasteiger partial charge on any atom is -0.477 e. The Morgan fingerprint density at radius 1 is 1.27 bits per heavy atom. The molecule has 8 nitrogen and oxygen atoms in total. The van der Waals surface area contributed by atoms with Crippen LogP contribution in [0.3, 0.4) is 0 Å². The molecule has 0 radical (unpaired) electrons. The number of rotatable bonds is 6. The molecule has 2 N–H and O–H groups in total. The second-order valence-electron chi connectivity index (χ2n) is 6.00. The minimum absolute atomic E-state index is 0.292. The molecule has 0 fully saturated rings. The number of carbonyl (C=O) groups excluding carboxylic acids is 1. The Labute approximate surface area is 155 Å². The van der Waals surface area contributed by atoms with Gasteiger partial charge in [0.15, 0.2) is 5.13 Å². The van der Waals surface area contributed by atoms with Crippen molar-refractivity contribution in [2.45, 2.75) is 20.8 Å². The van der Waals surface area contributed by atoms with Gasteiger partial charge in [0.05, 0.1) is 6.61 Å². The van der Waals surface area contributed by atoms with Crippen LogP contribution in [0.4, 0.5) is 9.93 Å². The highest BCUT2D eigenvalue weighted by Gasteiger charge is 2.16. The van der Waals surface area contributed by atoms with Crippen LogP contribution in [0.25, 0.3) is 21.5 Å². The van der Waals surface area contributed by atoms with Gasteiger partial charge in [-0.25, -0.2) is 24.7 Å². The number of ether oxygens (including phenoxy) is 1. The van der Waals surface area contributed by atoms with Gasteiger partial charge in [-0.2, -0.15) is 0 Å². The van der Waals surface area contributed by atoms with E-state index in [1.54, 1.807) is 12.4 Å². The van der Waals surface area contributed by atoms with Gasteiger partial charge in [-0.3, -0.25) is 5.32 Å². The first kappa shape index (κ1) is 18.0. The number of anilines is 1. The molecular weight excluding hydrogens is 352 g/mol. The van der Waals surface area contributed by atoms with Crippen molar-refractivity contribution in [3.05, 3.63) is 24.8 Å². The third-order valence-corrected chi connectivity index (χ3v) is 4.21. The van der Waals surface area contributed by atoms with Gasteiger partial charge < -0.3 is 10.1 Å². The number of aromatic nitrogens is 4. The second-order valence-corrected chi connectivity index (χ2v) is 6.98. The maximum absolute atomic E-state index is 11.7. The Balaban J connectivity index is 1.99. The van der Waals surface area contributed by atoms with E-state index in [0.29, 0.717) is 40.4 Å². The number of thiazole rings is 1. The van der Waals surface area contributed by atoms with Gasteiger partial charge in [-0.15, -0.1) is 0 Å². The standard InChI is InChI=1S/C17H20N6O2S/c1-4-20-16(24)23-17-21-13-5-12(11-6-18-9-19-7-11)14(22-15(13)26-17)25-8-10(2)3/h5-7,9-10H,4,8H2,1-3H3,(H2,20,21,23,24). The smallest absolute Gasteiger partial charge is 0.321 e. The first-order valence-corrected chi connectivity index (χ1v) is 9.13. The van der Waals surface area contributed by atoms with Crippen LogP contribution in [0.15, 0.2) is 24.8 Å². The Kier molecular flexibility index (Phi) is 5.57. The monoisotopic (exact) mass is 372 g/mol. The summed E-state index contributed by atoms with van der Waals surface area (Å²) in [5.74, 6) is 0.873. The normalized spacial score (nSPS) is 10.9.